The van der Waals surface area contributed by atoms with Gasteiger partial charge in [-0.3, -0.25) is 18.9 Å². The zero-order valence-electron chi connectivity index (χ0n) is 12.5. The quantitative estimate of drug-likeness (QED) is 0.444. The molecule has 0 aliphatic carbocycles. The molecule has 1 aromatic heterocycles. The highest BCUT2D eigenvalue weighted by atomic mass is 79.9. The maximum absolute atomic E-state index is 12.0. The van der Waals surface area contributed by atoms with Crippen molar-refractivity contribution in [2.45, 2.75) is 37.3 Å². The summed E-state index contributed by atoms with van der Waals surface area (Å²) in [6, 6.07) is 0. The monoisotopic (exact) mass is 426 g/mol. The number of H-pyrrole nitrogens is 1. The first kappa shape index (κ1) is 18.0. The zero-order valence-corrected chi connectivity index (χ0v) is 15.0. The molecule has 0 radical (unpaired) electrons. The summed E-state index contributed by atoms with van der Waals surface area (Å²) in [7, 11) is -4.70. The Hall–Kier alpha value is -0.810. The van der Waals surface area contributed by atoms with Gasteiger partial charge in [0.15, 0.2) is 0 Å². The minimum Gasteiger partial charge on any atom is -0.349 e. The Bertz CT molecular complexity index is 803. The molecular weight excluding hydrogens is 411 g/mol. The van der Waals surface area contributed by atoms with Gasteiger partial charge in [-0.25, -0.2) is 4.79 Å². The molecule has 10 nitrogen and oxygen atoms in total. The molecule has 12 heteroatoms. The number of hydrogen-bond acceptors (Lipinski definition) is 6. The van der Waals surface area contributed by atoms with E-state index in [0.717, 1.165) is 0 Å². The fourth-order valence-corrected chi connectivity index (χ4v) is 4.67. The molecule has 3 N–H and O–H groups in total. The van der Waals surface area contributed by atoms with Gasteiger partial charge in [-0.15, -0.1) is 0 Å². The first-order valence-corrected chi connectivity index (χ1v) is 9.81. The van der Waals surface area contributed by atoms with Crippen LogP contribution >= 0.6 is 23.5 Å². The van der Waals surface area contributed by atoms with Gasteiger partial charge in [0.05, 0.1) is 18.0 Å². The summed E-state index contributed by atoms with van der Waals surface area (Å²) in [6.45, 7) is 1.47. The lowest BCUT2D eigenvalue weighted by atomic mass is 10.1. The van der Waals surface area contributed by atoms with E-state index in [2.05, 4.69) is 20.9 Å². The van der Waals surface area contributed by atoms with Crippen LogP contribution in [0, 0.1) is 6.92 Å². The molecule has 0 saturated carbocycles. The van der Waals surface area contributed by atoms with E-state index < -0.39 is 42.8 Å². The maximum Gasteiger partial charge on any atom is 0.385 e. The van der Waals surface area contributed by atoms with Crippen LogP contribution in [0.25, 0.3) is 0 Å². The van der Waals surface area contributed by atoms with Crippen LogP contribution in [0.4, 0.5) is 0 Å². The SMILES string of the molecule is Cc1cn([C@H]2C[C@H]3O[C@](CBr)(P(=O)(O)O)OC[C@H]3O2)c(=O)[nH]c1=O. The van der Waals surface area contributed by atoms with Crippen LogP contribution in [0.5, 0.6) is 0 Å². The number of alkyl halides is 1. The number of aromatic amines is 1. The minimum absolute atomic E-state index is 0.0883. The van der Waals surface area contributed by atoms with Crippen molar-refractivity contribution in [1.29, 1.82) is 0 Å². The smallest absolute Gasteiger partial charge is 0.349 e. The van der Waals surface area contributed by atoms with Crippen molar-refractivity contribution in [3.8, 4) is 0 Å². The Morgan fingerprint density at radius 1 is 1.46 bits per heavy atom. The van der Waals surface area contributed by atoms with Crippen molar-refractivity contribution in [2.24, 2.45) is 0 Å². The van der Waals surface area contributed by atoms with Crippen LogP contribution in [-0.2, 0) is 18.8 Å². The number of ether oxygens (including phenoxy) is 3. The molecule has 0 spiro atoms. The molecule has 2 aliphatic heterocycles. The lowest BCUT2D eigenvalue weighted by molar-refractivity contribution is -0.263. The predicted octanol–water partition coefficient (Wildman–Crippen LogP) is -0.226. The Morgan fingerprint density at radius 3 is 2.79 bits per heavy atom. The molecule has 2 fully saturated rings. The summed E-state index contributed by atoms with van der Waals surface area (Å²) >= 11 is 3.01. The number of nitrogens with one attached hydrogen (secondary N) is 1. The van der Waals surface area contributed by atoms with E-state index in [1.165, 1.54) is 10.8 Å². The first-order chi connectivity index (χ1) is 11.2. The molecule has 0 bridgehead atoms. The van der Waals surface area contributed by atoms with Gasteiger partial charge in [0.1, 0.15) is 12.3 Å². The van der Waals surface area contributed by atoms with E-state index in [1.807, 2.05) is 0 Å². The van der Waals surface area contributed by atoms with Crippen LogP contribution in [0.3, 0.4) is 0 Å². The van der Waals surface area contributed by atoms with Gasteiger partial charge in [-0.05, 0) is 6.92 Å². The molecule has 4 atom stereocenters. The van der Waals surface area contributed by atoms with Crippen molar-refractivity contribution in [1.82, 2.24) is 9.55 Å². The number of hydrogen-bond donors (Lipinski definition) is 3. The Labute approximate surface area is 144 Å². The second-order valence-corrected chi connectivity index (χ2v) is 8.03. The summed E-state index contributed by atoms with van der Waals surface area (Å²) in [6.07, 6.45) is -0.394. The molecule has 0 amide bonds. The summed E-state index contributed by atoms with van der Waals surface area (Å²) in [5, 5.41) is -0.212. The van der Waals surface area contributed by atoms with Crippen molar-refractivity contribution in [3.05, 3.63) is 32.6 Å². The highest BCUT2D eigenvalue weighted by Crippen LogP contribution is 2.56. The Kier molecular flexibility index (Phi) is 4.63. The maximum atomic E-state index is 12.0. The van der Waals surface area contributed by atoms with Gasteiger partial charge in [0, 0.05) is 18.2 Å². The van der Waals surface area contributed by atoms with E-state index in [9.17, 15) is 23.9 Å². The van der Waals surface area contributed by atoms with E-state index >= 15 is 0 Å². The number of halogens is 1. The van der Waals surface area contributed by atoms with E-state index in [1.54, 1.807) is 6.92 Å². The van der Waals surface area contributed by atoms with Crippen LogP contribution < -0.4 is 11.2 Å². The number of fused-ring (bicyclic) bond motifs is 1. The highest BCUT2D eigenvalue weighted by Gasteiger charge is 2.57. The average Bonchev–Trinajstić information content (AvgIpc) is 2.91. The standard InChI is InChI=1S/C12H16BrN2O8P/c1-6-3-15(11(17)14-10(6)16)9-2-7-8(22-9)4-21-12(5-13,23-7)24(18,19)20/h3,7-9H,2,4-5H2,1H3,(H,14,16,17)(H2,18,19,20)/t7-,8-,9-,12-/m1/s1. The summed E-state index contributed by atoms with van der Waals surface area (Å²) < 4.78 is 29.4. The van der Waals surface area contributed by atoms with Crippen LogP contribution in [0.2, 0.25) is 0 Å². The van der Waals surface area contributed by atoms with Crippen LogP contribution in [0.15, 0.2) is 15.8 Å². The Morgan fingerprint density at radius 2 is 2.17 bits per heavy atom. The van der Waals surface area contributed by atoms with Crippen LogP contribution in [0.1, 0.15) is 18.2 Å². The summed E-state index contributed by atoms with van der Waals surface area (Å²) in [5.74, 6) is 0. The molecule has 0 unspecified atom stereocenters. The molecule has 2 aliphatic rings. The van der Waals surface area contributed by atoms with Gasteiger partial charge in [-0.1, -0.05) is 15.9 Å². The zero-order chi connectivity index (χ0) is 17.7. The summed E-state index contributed by atoms with van der Waals surface area (Å²) in [4.78, 5) is 44.6. The predicted molar refractivity (Wildman–Crippen MR) is 84.0 cm³/mol. The van der Waals surface area contributed by atoms with Gasteiger partial charge in [0.2, 0.25) is 0 Å². The molecule has 3 rings (SSSR count). The summed E-state index contributed by atoms with van der Waals surface area (Å²) in [5.41, 5.74) is -2.84. The first-order valence-electron chi connectivity index (χ1n) is 7.08. The van der Waals surface area contributed by atoms with E-state index in [0.29, 0.717) is 5.56 Å². The second-order valence-electron chi connectivity index (χ2n) is 5.70. The van der Waals surface area contributed by atoms with Crippen molar-refractivity contribution in [2.75, 3.05) is 11.9 Å². The molecule has 2 saturated heterocycles. The van der Waals surface area contributed by atoms with Crippen LogP contribution in [-0.4, -0.2) is 49.0 Å². The highest BCUT2D eigenvalue weighted by molar-refractivity contribution is 9.09. The third-order valence-corrected chi connectivity index (χ3v) is 6.51. The fraction of sp³-hybridized carbons (Fsp3) is 0.667. The number of nitrogens with zero attached hydrogens (tertiary/aromatic N) is 1. The van der Waals surface area contributed by atoms with Crippen molar-refractivity contribution >= 4 is 23.5 Å². The Balaban J connectivity index is 1.86. The average molecular weight is 427 g/mol. The molecule has 0 aromatic carbocycles. The van der Waals surface area contributed by atoms with Gasteiger partial charge in [-0.2, -0.15) is 0 Å². The van der Waals surface area contributed by atoms with Gasteiger partial charge >= 0.3 is 13.3 Å². The van der Waals surface area contributed by atoms with E-state index in [-0.39, 0.29) is 18.4 Å². The van der Waals surface area contributed by atoms with Crippen molar-refractivity contribution < 1.29 is 28.6 Å². The molecule has 134 valence electrons. The number of aryl methyl sites for hydroxylation is 1. The number of aromatic nitrogens is 2. The molecule has 3 heterocycles. The van der Waals surface area contributed by atoms with Crippen molar-refractivity contribution in [3.63, 3.8) is 0 Å². The largest absolute Gasteiger partial charge is 0.385 e. The minimum atomic E-state index is -4.70. The third-order valence-electron chi connectivity index (χ3n) is 4.06. The lowest BCUT2D eigenvalue weighted by Crippen LogP contribution is -2.50. The molecule has 1 aromatic rings. The van der Waals surface area contributed by atoms with E-state index in [4.69, 9.17) is 14.2 Å². The molecular formula is C12H16BrN2O8P. The normalized spacial score (nSPS) is 33.4. The third kappa shape index (κ3) is 2.94. The van der Waals surface area contributed by atoms with Gasteiger partial charge in [0.25, 0.3) is 11.1 Å². The lowest BCUT2D eigenvalue weighted by Gasteiger charge is -2.40. The fourth-order valence-electron chi connectivity index (χ4n) is 2.73. The topological polar surface area (TPSA) is 140 Å². The molecule has 24 heavy (non-hydrogen) atoms. The second kappa shape index (κ2) is 6.17. The van der Waals surface area contributed by atoms with Gasteiger partial charge < -0.3 is 24.0 Å². The number of rotatable bonds is 3.